The SMILES string of the molecule is COC(=O)c1ccc(-c2csc(NC(=O)c3ccc(S(=O)(=O)N(C)C4CC4)cc3)n2)cc1. The molecule has 166 valence electrons. The molecule has 1 aliphatic rings. The summed E-state index contributed by atoms with van der Waals surface area (Å²) in [5.41, 5.74) is 2.22. The number of aromatic nitrogens is 1. The molecule has 1 N–H and O–H groups in total. The Labute approximate surface area is 189 Å². The second-order valence-electron chi connectivity index (χ2n) is 7.34. The van der Waals surface area contributed by atoms with Gasteiger partial charge in [-0.05, 0) is 49.2 Å². The molecular weight excluding hydrogens is 450 g/mol. The minimum Gasteiger partial charge on any atom is -0.465 e. The maximum Gasteiger partial charge on any atom is 0.337 e. The predicted molar refractivity (Wildman–Crippen MR) is 121 cm³/mol. The summed E-state index contributed by atoms with van der Waals surface area (Å²) in [6.45, 7) is 0. The van der Waals surface area contributed by atoms with Gasteiger partial charge in [-0.15, -0.1) is 11.3 Å². The number of esters is 1. The van der Waals surface area contributed by atoms with Crippen LogP contribution in [0, 0.1) is 0 Å². The third-order valence-corrected chi connectivity index (χ3v) is 7.86. The molecule has 0 spiro atoms. The lowest BCUT2D eigenvalue weighted by molar-refractivity contribution is 0.0600. The number of rotatable bonds is 7. The molecule has 4 rings (SSSR count). The van der Waals surface area contributed by atoms with Crippen LogP contribution < -0.4 is 5.32 Å². The maximum atomic E-state index is 12.6. The molecule has 1 fully saturated rings. The highest BCUT2D eigenvalue weighted by Gasteiger charge is 2.35. The van der Waals surface area contributed by atoms with Crippen LogP contribution in [-0.4, -0.2) is 49.8 Å². The minimum absolute atomic E-state index is 0.0683. The second-order valence-corrected chi connectivity index (χ2v) is 10.2. The molecule has 1 saturated carbocycles. The highest BCUT2D eigenvalue weighted by molar-refractivity contribution is 7.89. The van der Waals surface area contributed by atoms with Gasteiger partial charge in [0, 0.05) is 29.6 Å². The van der Waals surface area contributed by atoms with E-state index in [2.05, 4.69) is 15.0 Å². The van der Waals surface area contributed by atoms with Gasteiger partial charge in [-0.1, -0.05) is 12.1 Å². The summed E-state index contributed by atoms with van der Waals surface area (Å²) in [5.74, 6) is -0.799. The van der Waals surface area contributed by atoms with Crippen molar-refractivity contribution in [3.05, 3.63) is 65.0 Å². The largest absolute Gasteiger partial charge is 0.465 e. The van der Waals surface area contributed by atoms with E-state index >= 15 is 0 Å². The van der Waals surface area contributed by atoms with Gasteiger partial charge in [0.25, 0.3) is 5.91 Å². The molecule has 3 aromatic rings. The Morgan fingerprint density at radius 1 is 1.06 bits per heavy atom. The van der Waals surface area contributed by atoms with Gasteiger partial charge in [-0.3, -0.25) is 10.1 Å². The Balaban J connectivity index is 1.43. The van der Waals surface area contributed by atoms with Crippen LogP contribution in [0.2, 0.25) is 0 Å². The van der Waals surface area contributed by atoms with Crippen molar-refractivity contribution < 1.29 is 22.7 Å². The van der Waals surface area contributed by atoms with Crippen LogP contribution in [0.25, 0.3) is 11.3 Å². The van der Waals surface area contributed by atoms with E-state index in [9.17, 15) is 18.0 Å². The lowest BCUT2D eigenvalue weighted by Gasteiger charge is -2.16. The summed E-state index contributed by atoms with van der Waals surface area (Å²) in [7, 11) is -0.648. The summed E-state index contributed by atoms with van der Waals surface area (Å²) in [4.78, 5) is 28.7. The van der Waals surface area contributed by atoms with Gasteiger partial charge in [0.15, 0.2) is 5.13 Å². The predicted octanol–water partition coefficient (Wildman–Crippen LogP) is 3.63. The first-order chi connectivity index (χ1) is 15.3. The van der Waals surface area contributed by atoms with Crippen LogP contribution in [0.15, 0.2) is 58.8 Å². The fourth-order valence-corrected chi connectivity index (χ4v) is 5.24. The Hall–Kier alpha value is -3.08. The molecule has 0 bridgehead atoms. The van der Waals surface area contributed by atoms with Gasteiger partial charge in [0.2, 0.25) is 10.0 Å². The maximum absolute atomic E-state index is 12.6. The van der Waals surface area contributed by atoms with Crippen molar-refractivity contribution in [3.8, 4) is 11.3 Å². The van der Waals surface area contributed by atoms with Gasteiger partial charge in [-0.2, -0.15) is 4.31 Å². The summed E-state index contributed by atoms with van der Waals surface area (Å²) in [6.07, 6.45) is 1.75. The number of hydrogen-bond donors (Lipinski definition) is 1. The number of nitrogens with zero attached hydrogens (tertiary/aromatic N) is 2. The summed E-state index contributed by atoms with van der Waals surface area (Å²) >= 11 is 1.27. The van der Waals surface area contributed by atoms with Crippen molar-refractivity contribution in [2.45, 2.75) is 23.8 Å². The number of carbonyl (C=O) groups is 2. The number of nitrogens with one attached hydrogen (secondary N) is 1. The molecule has 1 heterocycles. The number of amides is 1. The molecule has 1 amide bonds. The topological polar surface area (TPSA) is 106 Å². The standard InChI is InChI=1S/C22H21N3O5S2/c1-25(17-9-10-17)32(28,29)18-11-7-15(8-12-18)20(26)24-22-23-19(13-31-22)14-3-5-16(6-4-14)21(27)30-2/h3-8,11-13,17H,9-10H2,1-2H3,(H,23,24,26). The van der Waals surface area contributed by atoms with E-state index < -0.39 is 16.0 Å². The van der Waals surface area contributed by atoms with E-state index in [4.69, 9.17) is 0 Å². The van der Waals surface area contributed by atoms with Crippen LogP contribution in [0.3, 0.4) is 0 Å². The molecule has 32 heavy (non-hydrogen) atoms. The normalized spacial score (nSPS) is 13.7. The summed E-state index contributed by atoms with van der Waals surface area (Å²) in [5, 5.41) is 4.94. The van der Waals surface area contributed by atoms with Crippen molar-refractivity contribution in [2.75, 3.05) is 19.5 Å². The first-order valence-corrected chi connectivity index (χ1v) is 12.2. The molecule has 0 atom stereocenters. The molecule has 0 radical (unpaired) electrons. The molecular formula is C22H21N3O5S2. The number of methoxy groups -OCH3 is 1. The fraction of sp³-hybridized carbons (Fsp3) is 0.227. The Morgan fingerprint density at radius 2 is 1.69 bits per heavy atom. The Bertz CT molecular complexity index is 1250. The van der Waals surface area contributed by atoms with Crippen LogP contribution in [0.1, 0.15) is 33.6 Å². The first-order valence-electron chi connectivity index (χ1n) is 9.83. The van der Waals surface area contributed by atoms with Crippen molar-refractivity contribution in [1.29, 1.82) is 0 Å². The van der Waals surface area contributed by atoms with E-state index in [1.165, 1.54) is 47.0 Å². The molecule has 8 nitrogen and oxygen atoms in total. The van der Waals surface area contributed by atoms with E-state index in [0.717, 1.165) is 18.4 Å². The molecule has 1 aliphatic carbocycles. The fourth-order valence-electron chi connectivity index (χ4n) is 3.11. The quantitative estimate of drug-likeness (QED) is 0.528. The number of thiazole rings is 1. The Morgan fingerprint density at radius 3 is 2.28 bits per heavy atom. The zero-order valence-corrected chi connectivity index (χ0v) is 19.1. The van der Waals surface area contributed by atoms with Gasteiger partial charge in [0.1, 0.15) is 0 Å². The first kappa shape index (κ1) is 22.1. The van der Waals surface area contributed by atoms with Gasteiger partial charge in [0.05, 0.1) is 23.3 Å². The Kier molecular flexibility index (Phi) is 6.09. The van der Waals surface area contributed by atoms with Gasteiger partial charge >= 0.3 is 5.97 Å². The molecule has 0 unspecified atom stereocenters. The molecule has 0 aliphatic heterocycles. The van der Waals surface area contributed by atoms with E-state index in [0.29, 0.717) is 22.0 Å². The van der Waals surface area contributed by atoms with Gasteiger partial charge < -0.3 is 4.74 Å². The van der Waals surface area contributed by atoms with Crippen LogP contribution >= 0.6 is 11.3 Å². The third-order valence-electron chi connectivity index (χ3n) is 5.18. The number of carbonyl (C=O) groups excluding carboxylic acids is 2. The molecule has 1 aromatic heterocycles. The monoisotopic (exact) mass is 471 g/mol. The molecule has 0 saturated heterocycles. The number of hydrogen-bond acceptors (Lipinski definition) is 7. The minimum atomic E-state index is -3.55. The third kappa shape index (κ3) is 4.57. The zero-order chi connectivity index (χ0) is 22.9. The van der Waals surface area contributed by atoms with Crippen LogP contribution in [0.5, 0.6) is 0 Å². The molecule has 2 aromatic carbocycles. The van der Waals surface area contributed by atoms with E-state index in [-0.39, 0.29) is 16.8 Å². The average molecular weight is 472 g/mol. The number of anilines is 1. The summed E-state index contributed by atoms with van der Waals surface area (Å²) < 4.78 is 31.3. The average Bonchev–Trinajstić information content (AvgIpc) is 3.56. The number of benzene rings is 2. The van der Waals surface area contributed by atoms with Crippen LogP contribution in [-0.2, 0) is 14.8 Å². The second kappa shape index (κ2) is 8.81. The highest BCUT2D eigenvalue weighted by Crippen LogP contribution is 2.30. The highest BCUT2D eigenvalue weighted by atomic mass is 32.2. The van der Waals surface area contributed by atoms with E-state index in [1.54, 1.807) is 36.7 Å². The summed E-state index contributed by atoms with van der Waals surface area (Å²) in [6, 6.07) is 12.7. The zero-order valence-electron chi connectivity index (χ0n) is 17.4. The van der Waals surface area contributed by atoms with Crippen LogP contribution in [0.4, 0.5) is 5.13 Å². The lowest BCUT2D eigenvalue weighted by Crippen LogP contribution is -2.29. The van der Waals surface area contributed by atoms with Crippen molar-refractivity contribution in [1.82, 2.24) is 9.29 Å². The number of ether oxygens (including phenoxy) is 1. The van der Waals surface area contributed by atoms with E-state index in [1.807, 2.05) is 0 Å². The number of sulfonamides is 1. The smallest absolute Gasteiger partial charge is 0.337 e. The van der Waals surface area contributed by atoms with Crippen molar-refractivity contribution in [2.24, 2.45) is 0 Å². The van der Waals surface area contributed by atoms with Crippen molar-refractivity contribution >= 4 is 38.4 Å². The van der Waals surface area contributed by atoms with Crippen molar-refractivity contribution in [3.63, 3.8) is 0 Å². The lowest BCUT2D eigenvalue weighted by atomic mass is 10.1. The molecule has 10 heteroatoms. The van der Waals surface area contributed by atoms with Gasteiger partial charge in [-0.25, -0.2) is 18.2 Å².